The Morgan fingerprint density at radius 3 is 1.35 bits per heavy atom. The molecule has 0 heterocycles. The summed E-state index contributed by atoms with van der Waals surface area (Å²) in [4.78, 5) is 29.7. The molecule has 0 aliphatic carbocycles. The van der Waals surface area contributed by atoms with Gasteiger partial charge in [-0.05, 0) is 140 Å². The van der Waals surface area contributed by atoms with E-state index < -0.39 is 0 Å². The van der Waals surface area contributed by atoms with Crippen LogP contribution in [-0.4, -0.2) is 84.1 Å². The van der Waals surface area contributed by atoms with E-state index in [-0.39, 0.29) is 56.8 Å². The van der Waals surface area contributed by atoms with Crippen molar-refractivity contribution in [3.8, 4) is 23.0 Å². The molecule has 0 fully saturated rings. The van der Waals surface area contributed by atoms with Gasteiger partial charge in [-0.3, -0.25) is 9.59 Å². The number of benzene rings is 4. The van der Waals surface area contributed by atoms with Crippen LogP contribution in [0.25, 0.3) is 0 Å². The zero-order valence-electron chi connectivity index (χ0n) is 31.3. The van der Waals surface area contributed by atoms with Crippen molar-refractivity contribution >= 4 is 99.3 Å². The molecule has 0 saturated carbocycles. The first-order valence-electron chi connectivity index (χ1n) is 17.9. The highest BCUT2D eigenvalue weighted by Gasteiger charge is 2.16. The third-order valence-corrected chi connectivity index (χ3v) is 11.3. The highest BCUT2D eigenvalue weighted by molar-refractivity contribution is 9.11. The molecule has 6 N–H and O–H groups in total. The highest BCUT2D eigenvalue weighted by atomic mass is 79.9. The molecule has 0 saturated heterocycles. The van der Waals surface area contributed by atoms with Gasteiger partial charge in [0.15, 0.2) is 0 Å². The second kappa shape index (κ2) is 22.7. The van der Waals surface area contributed by atoms with Crippen molar-refractivity contribution in [1.29, 1.82) is 0 Å². The van der Waals surface area contributed by atoms with Gasteiger partial charge in [0.2, 0.25) is 0 Å². The van der Waals surface area contributed by atoms with E-state index in [0.717, 1.165) is 48.2 Å². The summed E-state index contributed by atoms with van der Waals surface area (Å²) in [5, 5.41) is 48.4. The third kappa shape index (κ3) is 14.0. The van der Waals surface area contributed by atoms with E-state index >= 15 is 0 Å². The molecule has 0 bridgehead atoms. The Bertz CT molecular complexity index is 1910. The van der Waals surface area contributed by atoms with Gasteiger partial charge in [0.25, 0.3) is 11.8 Å². The number of hydrogen-bond acceptors (Lipinski definition) is 11. The molecule has 4 aromatic carbocycles. The molecule has 0 atom stereocenters. The van der Waals surface area contributed by atoms with E-state index in [9.17, 15) is 30.0 Å². The number of carbonyl (C=O) groups is 2. The van der Waals surface area contributed by atoms with Crippen molar-refractivity contribution < 1.29 is 34.8 Å². The first kappa shape index (κ1) is 45.5. The standard InChI is InChI=1S/C40H44Br4N6O7/c1-25-7-11-29(12-8-25)49(23-33(51)47-45-21-27-19-31(41)39(55)35(43)37(27)53)15-3-5-17-57-18-6-4-16-50(30-13-9-26(2)10-14-30)24-34(52)48-46-22-28-20-32(42)40(56)36(44)38(28)54/h7-14,19-22,53-56H,3-6,15-18,23-24H2,1-2H3,(H,47,51)(H,48,52)/b45-21-,46-22-. The van der Waals surface area contributed by atoms with Gasteiger partial charge in [0.1, 0.15) is 31.9 Å². The minimum atomic E-state index is -0.333. The Hall–Kier alpha value is -4.16. The summed E-state index contributed by atoms with van der Waals surface area (Å²) in [7, 11) is 0. The quantitative estimate of drug-likeness (QED) is 0.0288. The lowest BCUT2D eigenvalue weighted by Crippen LogP contribution is -2.36. The molecule has 0 unspecified atom stereocenters. The number of nitrogens with one attached hydrogen (secondary N) is 2. The van der Waals surface area contributed by atoms with E-state index in [1.807, 2.05) is 72.2 Å². The van der Waals surface area contributed by atoms with Gasteiger partial charge >= 0.3 is 0 Å². The minimum absolute atomic E-state index is 0.0655. The predicted molar refractivity (Wildman–Crippen MR) is 238 cm³/mol. The normalized spacial score (nSPS) is 11.3. The minimum Gasteiger partial charge on any atom is -0.506 e. The molecular formula is C40H44Br4N6O7. The largest absolute Gasteiger partial charge is 0.506 e. The summed E-state index contributed by atoms with van der Waals surface area (Å²) in [6.45, 7) is 6.49. The van der Waals surface area contributed by atoms with Crippen molar-refractivity contribution in [3.05, 3.63) is 101 Å². The molecule has 13 nitrogen and oxygen atoms in total. The number of halogens is 4. The van der Waals surface area contributed by atoms with E-state index in [0.29, 0.717) is 46.4 Å². The van der Waals surface area contributed by atoms with Crippen molar-refractivity contribution in [1.82, 2.24) is 10.9 Å². The van der Waals surface area contributed by atoms with Gasteiger partial charge in [-0.1, -0.05) is 35.4 Å². The summed E-state index contributed by atoms with van der Waals surface area (Å²) in [6, 6.07) is 18.9. The van der Waals surface area contributed by atoms with E-state index in [1.54, 1.807) is 0 Å². The van der Waals surface area contributed by atoms with Crippen LogP contribution in [0, 0.1) is 13.8 Å². The SMILES string of the molecule is Cc1ccc(N(CCCCOCCCCN(CC(=O)N/N=C\c2cc(Br)c(O)c(Br)c2O)c2ccc(C)cc2)CC(=O)N/N=C\c2cc(Br)c(O)c(Br)c2O)cc1. The Labute approximate surface area is 365 Å². The van der Waals surface area contributed by atoms with Crippen LogP contribution in [0.15, 0.2) is 88.8 Å². The fourth-order valence-corrected chi connectivity index (χ4v) is 7.73. The number of rotatable bonds is 20. The lowest BCUT2D eigenvalue weighted by Gasteiger charge is -2.24. The number of anilines is 2. The summed E-state index contributed by atoms with van der Waals surface area (Å²) in [5.41, 5.74) is 9.66. The van der Waals surface area contributed by atoms with Gasteiger partial charge in [-0.15, -0.1) is 0 Å². The number of phenols is 4. The summed E-state index contributed by atoms with van der Waals surface area (Å²) >= 11 is 12.7. The smallest absolute Gasteiger partial charge is 0.259 e. The maximum absolute atomic E-state index is 12.9. The molecule has 0 aliphatic rings. The number of aryl methyl sites for hydroxylation is 2. The number of carbonyl (C=O) groups excluding carboxylic acids is 2. The number of amides is 2. The first-order valence-corrected chi connectivity index (χ1v) is 21.1. The summed E-state index contributed by atoms with van der Waals surface area (Å²) in [5.74, 6) is -1.36. The van der Waals surface area contributed by atoms with Gasteiger partial charge in [-0.2, -0.15) is 10.2 Å². The summed E-state index contributed by atoms with van der Waals surface area (Å²) in [6.07, 6.45) is 5.75. The molecule has 0 spiro atoms. The monoisotopic (exact) mass is 1040 g/mol. The Kier molecular flexibility index (Phi) is 18.1. The Morgan fingerprint density at radius 2 is 0.982 bits per heavy atom. The molecule has 17 heteroatoms. The van der Waals surface area contributed by atoms with Crippen molar-refractivity contribution in [2.45, 2.75) is 39.5 Å². The maximum Gasteiger partial charge on any atom is 0.259 e. The zero-order valence-corrected chi connectivity index (χ0v) is 37.7. The second-order valence-electron chi connectivity index (χ2n) is 13.0. The number of hydrazone groups is 2. The first-order chi connectivity index (χ1) is 27.2. The van der Waals surface area contributed by atoms with Crippen LogP contribution >= 0.6 is 63.7 Å². The van der Waals surface area contributed by atoms with Crippen LogP contribution in [0.1, 0.15) is 47.9 Å². The number of phenolic OH excluding ortho intramolecular Hbond substituents is 4. The lowest BCUT2D eigenvalue weighted by atomic mass is 10.2. The van der Waals surface area contributed by atoms with Crippen molar-refractivity contribution in [3.63, 3.8) is 0 Å². The van der Waals surface area contributed by atoms with E-state index in [4.69, 9.17) is 4.74 Å². The number of nitrogens with zero attached hydrogens (tertiary/aromatic N) is 4. The third-order valence-electron chi connectivity index (χ3n) is 8.58. The average Bonchev–Trinajstić information content (AvgIpc) is 3.19. The van der Waals surface area contributed by atoms with Crippen molar-refractivity contribution in [2.75, 3.05) is 49.2 Å². The molecule has 0 radical (unpaired) electrons. The fourth-order valence-electron chi connectivity index (χ4n) is 5.42. The second-order valence-corrected chi connectivity index (χ2v) is 16.3. The molecule has 0 aromatic heterocycles. The number of hydrogen-bond donors (Lipinski definition) is 6. The van der Waals surface area contributed by atoms with Gasteiger partial charge < -0.3 is 35.0 Å². The number of aromatic hydroxyl groups is 4. The van der Waals surface area contributed by atoms with Crippen LogP contribution in [0.5, 0.6) is 23.0 Å². The Balaban J connectivity index is 1.21. The van der Waals surface area contributed by atoms with Gasteiger partial charge in [0.05, 0.1) is 34.5 Å². The Morgan fingerprint density at radius 1 is 0.614 bits per heavy atom. The van der Waals surface area contributed by atoms with Gasteiger partial charge in [-0.25, -0.2) is 10.9 Å². The van der Waals surface area contributed by atoms with E-state index in [1.165, 1.54) is 24.6 Å². The van der Waals surface area contributed by atoms with Crippen LogP contribution in [0.3, 0.4) is 0 Å². The maximum atomic E-state index is 12.9. The molecule has 304 valence electrons. The molecule has 4 aromatic rings. The zero-order chi connectivity index (χ0) is 41.5. The average molecular weight is 1040 g/mol. The van der Waals surface area contributed by atoms with Crippen LogP contribution in [0.4, 0.5) is 11.4 Å². The number of ether oxygens (including phenoxy) is 1. The fraction of sp³-hybridized carbons (Fsp3) is 0.300. The van der Waals surface area contributed by atoms with Crippen molar-refractivity contribution in [2.24, 2.45) is 10.2 Å². The lowest BCUT2D eigenvalue weighted by molar-refractivity contribution is -0.120. The summed E-state index contributed by atoms with van der Waals surface area (Å²) < 4.78 is 6.89. The predicted octanol–water partition coefficient (Wildman–Crippen LogP) is 8.37. The molecule has 4 rings (SSSR count). The van der Waals surface area contributed by atoms with Crippen LogP contribution in [-0.2, 0) is 14.3 Å². The molecule has 2 amide bonds. The van der Waals surface area contributed by atoms with Gasteiger partial charge in [0, 0.05) is 48.8 Å². The molecule has 0 aliphatic heterocycles. The van der Waals surface area contributed by atoms with Crippen LogP contribution in [0.2, 0.25) is 0 Å². The van der Waals surface area contributed by atoms with Crippen LogP contribution < -0.4 is 20.7 Å². The number of unbranched alkanes of at least 4 members (excludes halogenated alkanes) is 2. The van der Waals surface area contributed by atoms with E-state index in [2.05, 4.69) is 84.8 Å². The highest BCUT2D eigenvalue weighted by Crippen LogP contribution is 2.41. The molecular weight excluding hydrogens is 996 g/mol. The molecule has 57 heavy (non-hydrogen) atoms. The topological polar surface area (TPSA) is 180 Å².